The van der Waals surface area contributed by atoms with Crippen LogP contribution in [0.3, 0.4) is 0 Å². The minimum atomic E-state index is -0.571. The van der Waals surface area contributed by atoms with Crippen molar-refractivity contribution in [3.63, 3.8) is 0 Å². The Morgan fingerprint density at radius 3 is 2.00 bits per heavy atom. The highest BCUT2D eigenvalue weighted by molar-refractivity contribution is 7.53. The molecule has 0 aliphatic heterocycles. The molecule has 2 unspecified atom stereocenters. The van der Waals surface area contributed by atoms with Crippen LogP contribution >= 0.6 is 8.15 Å². The second-order valence-electron chi connectivity index (χ2n) is 4.05. The van der Waals surface area contributed by atoms with Crippen LogP contribution in [-0.2, 0) is 4.52 Å². The van der Waals surface area contributed by atoms with Gasteiger partial charge in [0, 0.05) is 24.7 Å². The molecule has 0 bridgehead atoms. The molecule has 0 aromatic rings. The Labute approximate surface area is 92.6 Å². The standard InChI is InChI=1S/C9H22NO2P.O2/c1-6-12-13(7-2)8(10-11)9(3,4)5;1-2/h8,10-11H,6-7H2,1-5H3;. The van der Waals surface area contributed by atoms with Crippen molar-refractivity contribution in [3.05, 3.63) is 9.93 Å². The van der Waals surface area contributed by atoms with E-state index in [-0.39, 0.29) is 11.2 Å². The maximum absolute atomic E-state index is 9.08. The van der Waals surface area contributed by atoms with Crippen molar-refractivity contribution in [3.8, 4) is 0 Å². The number of hydrogen-bond donors (Lipinski definition) is 2. The van der Waals surface area contributed by atoms with Gasteiger partial charge < -0.3 is 9.73 Å². The molecule has 2 N–H and O–H groups in total. The second kappa shape index (κ2) is 9.16. The summed E-state index contributed by atoms with van der Waals surface area (Å²) in [6.45, 7) is 11.1. The van der Waals surface area contributed by atoms with E-state index >= 15 is 0 Å². The van der Waals surface area contributed by atoms with E-state index in [4.69, 9.17) is 19.7 Å². The molecule has 5 nitrogen and oxygen atoms in total. The maximum Gasteiger partial charge on any atom is 0.0808 e. The van der Waals surface area contributed by atoms with E-state index in [0.717, 1.165) is 6.16 Å². The van der Waals surface area contributed by atoms with Gasteiger partial charge in [-0.05, 0) is 18.5 Å². The van der Waals surface area contributed by atoms with Crippen molar-refractivity contribution >= 4 is 8.15 Å². The molecule has 15 heavy (non-hydrogen) atoms. The molecule has 2 atom stereocenters. The molecule has 0 aromatic heterocycles. The van der Waals surface area contributed by atoms with Gasteiger partial charge in [-0.2, -0.15) is 5.48 Å². The van der Waals surface area contributed by atoms with E-state index in [1.807, 2.05) is 6.92 Å². The third-order valence-corrected chi connectivity index (χ3v) is 4.52. The predicted molar refractivity (Wildman–Crippen MR) is 64.0 cm³/mol. The van der Waals surface area contributed by atoms with Crippen molar-refractivity contribution in [2.24, 2.45) is 5.41 Å². The second-order valence-corrected chi connectivity index (χ2v) is 6.29. The lowest BCUT2D eigenvalue weighted by atomic mass is 9.97. The third kappa shape index (κ3) is 6.90. The van der Waals surface area contributed by atoms with Gasteiger partial charge >= 0.3 is 0 Å². The fourth-order valence-electron chi connectivity index (χ4n) is 1.20. The fraction of sp³-hybridized carbons (Fsp3) is 1.00. The summed E-state index contributed by atoms with van der Waals surface area (Å²) in [4.78, 5) is 14.0. The normalized spacial score (nSPS) is 15.1. The zero-order valence-electron chi connectivity index (χ0n) is 10.1. The molecule has 0 saturated carbocycles. The molecule has 0 fully saturated rings. The lowest BCUT2D eigenvalue weighted by Gasteiger charge is -2.34. The van der Waals surface area contributed by atoms with E-state index in [1.165, 1.54) is 0 Å². The van der Waals surface area contributed by atoms with Gasteiger partial charge in [-0.25, -0.2) is 0 Å². The number of rotatable bonds is 5. The summed E-state index contributed by atoms with van der Waals surface area (Å²) in [6, 6.07) is 0. The molecule has 0 aromatic carbocycles. The number of hydroxylamine groups is 1. The van der Waals surface area contributed by atoms with Crippen molar-refractivity contribution in [1.82, 2.24) is 5.48 Å². The van der Waals surface area contributed by atoms with Crippen LogP contribution in [0.2, 0.25) is 0 Å². The van der Waals surface area contributed by atoms with Gasteiger partial charge in [0.15, 0.2) is 0 Å². The van der Waals surface area contributed by atoms with Gasteiger partial charge in [-0.3, -0.25) is 0 Å². The maximum atomic E-state index is 9.08. The Bertz CT molecular complexity index is 152. The van der Waals surface area contributed by atoms with Gasteiger partial charge in [0.2, 0.25) is 0 Å². The van der Waals surface area contributed by atoms with Crippen molar-refractivity contribution < 1.29 is 9.73 Å². The smallest absolute Gasteiger partial charge is 0.0808 e. The zero-order valence-corrected chi connectivity index (χ0v) is 11.0. The Kier molecular flexibility index (Phi) is 10.6. The average Bonchev–Trinajstić information content (AvgIpc) is 2.18. The van der Waals surface area contributed by atoms with Gasteiger partial charge in [-0.15, -0.1) is 0 Å². The molecule has 0 radical (unpaired) electrons. The molecular formula is C9H22NO4P. The minimum Gasteiger partial charge on any atom is -0.358 e. The monoisotopic (exact) mass is 239 g/mol. The largest absolute Gasteiger partial charge is 0.358 e. The first-order valence-electron chi connectivity index (χ1n) is 4.93. The Morgan fingerprint density at radius 2 is 1.80 bits per heavy atom. The molecule has 0 spiro atoms. The molecule has 0 aliphatic carbocycles. The van der Waals surface area contributed by atoms with Crippen LogP contribution in [0.25, 0.3) is 0 Å². The highest BCUT2D eigenvalue weighted by Gasteiger charge is 2.31. The van der Waals surface area contributed by atoms with E-state index < -0.39 is 8.15 Å². The van der Waals surface area contributed by atoms with Crippen LogP contribution in [0, 0.1) is 15.3 Å². The van der Waals surface area contributed by atoms with Gasteiger partial charge in [-0.1, -0.05) is 27.7 Å². The highest BCUT2D eigenvalue weighted by Crippen LogP contribution is 2.47. The van der Waals surface area contributed by atoms with Crippen LogP contribution in [0.15, 0.2) is 0 Å². The quantitative estimate of drug-likeness (QED) is 0.570. The van der Waals surface area contributed by atoms with Crippen molar-refractivity contribution in [2.45, 2.75) is 40.4 Å². The average molecular weight is 239 g/mol. The third-order valence-electron chi connectivity index (χ3n) is 1.84. The predicted octanol–water partition coefficient (Wildman–Crippen LogP) is 2.86. The summed E-state index contributed by atoms with van der Waals surface area (Å²) >= 11 is 0. The Hall–Kier alpha value is -0.0900. The van der Waals surface area contributed by atoms with Crippen LogP contribution in [0.5, 0.6) is 0 Å². The number of nitrogens with one attached hydrogen (secondary N) is 1. The lowest BCUT2D eigenvalue weighted by molar-refractivity contribution is 0.106. The van der Waals surface area contributed by atoms with Gasteiger partial charge in [0.05, 0.1) is 5.78 Å². The van der Waals surface area contributed by atoms with Crippen LogP contribution in [0.4, 0.5) is 0 Å². The minimum absolute atomic E-state index is 0.0334. The first-order valence-corrected chi connectivity index (χ1v) is 6.44. The molecule has 0 aliphatic rings. The number of hydrogen-bond acceptors (Lipinski definition) is 5. The summed E-state index contributed by atoms with van der Waals surface area (Å²) < 4.78 is 5.61. The molecule has 0 amide bonds. The van der Waals surface area contributed by atoms with E-state index in [1.54, 1.807) is 0 Å². The molecule has 6 heteroatoms. The fourth-order valence-corrected chi connectivity index (χ4v) is 3.23. The Morgan fingerprint density at radius 1 is 1.33 bits per heavy atom. The first kappa shape index (κ1) is 17.3. The van der Waals surface area contributed by atoms with Crippen LogP contribution in [0.1, 0.15) is 34.6 Å². The molecule has 92 valence electrons. The van der Waals surface area contributed by atoms with E-state index in [2.05, 4.69) is 33.2 Å². The topological polar surface area (TPSA) is 75.6 Å². The lowest BCUT2D eigenvalue weighted by Crippen LogP contribution is -2.37. The zero-order chi connectivity index (χ0) is 12.5. The summed E-state index contributed by atoms with van der Waals surface area (Å²) in [5.41, 5.74) is 2.41. The summed E-state index contributed by atoms with van der Waals surface area (Å²) in [6.07, 6.45) is 0.971. The highest BCUT2D eigenvalue weighted by atomic mass is 31.1. The SMILES string of the molecule is CCOP(CC)C(NO)C(C)(C)C.O=O. The van der Waals surface area contributed by atoms with Crippen LogP contribution in [-0.4, -0.2) is 23.8 Å². The summed E-state index contributed by atoms with van der Waals surface area (Å²) in [5.74, 6) is 0.0486. The van der Waals surface area contributed by atoms with Crippen LogP contribution < -0.4 is 5.48 Å². The molecule has 0 heterocycles. The molecular weight excluding hydrogens is 217 g/mol. The summed E-state index contributed by atoms with van der Waals surface area (Å²) in [7, 11) is -0.571. The van der Waals surface area contributed by atoms with Crippen molar-refractivity contribution in [2.75, 3.05) is 12.8 Å². The Balaban J connectivity index is 0. The van der Waals surface area contributed by atoms with Crippen molar-refractivity contribution in [1.29, 1.82) is 0 Å². The van der Waals surface area contributed by atoms with Gasteiger partial charge in [0.25, 0.3) is 0 Å². The first-order chi connectivity index (χ1) is 6.97. The van der Waals surface area contributed by atoms with E-state index in [0.29, 0.717) is 6.61 Å². The molecule has 0 rings (SSSR count). The van der Waals surface area contributed by atoms with E-state index in [9.17, 15) is 0 Å². The van der Waals surface area contributed by atoms with Gasteiger partial charge in [0.1, 0.15) is 0 Å². The molecule has 0 saturated heterocycles. The summed E-state index contributed by atoms with van der Waals surface area (Å²) in [5, 5.41) is 9.08.